The summed E-state index contributed by atoms with van der Waals surface area (Å²) in [6.45, 7) is 2.76. The van der Waals surface area contributed by atoms with Gasteiger partial charge in [-0.05, 0) is 19.4 Å². The molecular weight excluding hydrogens is 346 g/mol. The van der Waals surface area contributed by atoms with E-state index in [0.717, 1.165) is 0 Å². The number of hydrogen-bond donors (Lipinski definition) is 1. The second kappa shape index (κ2) is 8.60. The predicted molar refractivity (Wildman–Crippen MR) is 88.6 cm³/mol. The number of nitrogens with zero attached hydrogens (tertiary/aromatic N) is 2. The van der Waals surface area contributed by atoms with Gasteiger partial charge in [0.1, 0.15) is 5.76 Å². The van der Waals surface area contributed by atoms with E-state index in [1.807, 2.05) is 0 Å². The molecule has 10 nitrogen and oxygen atoms in total. The first-order chi connectivity index (χ1) is 12.4. The molecule has 2 rings (SSSR count). The van der Waals surface area contributed by atoms with Crippen molar-refractivity contribution in [2.75, 3.05) is 11.9 Å². The van der Waals surface area contributed by atoms with E-state index in [9.17, 15) is 19.7 Å². The van der Waals surface area contributed by atoms with Gasteiger partial charge in [0.25, 0.3) is 5.91 Å². The van der Waals surface area contributed by atoms with Crippen LogP contribution in [0.15, 0.2) is 34.9 Å². The Hall–Kier alpha value is -3.43. The number of aromatic nitrogens is 1. The first-order valence-electron chi connectivity index (χ1n) is 7.70. The normalized spacial score (nSPS) is 11.5. The van der Waals surface area contributed by atoms with Crippen molar-refractivity contribution in [2.45, 2.75) is 26.4 Å². The van der Waals surface area contributed by atoms with Crippen molar-refractivity contribution in [3.05, 3.63) is 46.2 Å². The van der Waals surface area contributed by atoms with Crippen LogP contribution in [0.1, 0.15) is 19.1 Å². The minimum atomic E-state index is -1.06. The van der Waals surface area contributed by atoms with Crippen LogP contribution in [0.2, 0.25) is 0 Å². The molecule has 0 bridgehead atoms. The lowest BCUT2D eigenvalue weighted by Crippen LogP contribution is -2.33. The third-order valence-corrected chi connectivity index (χ3v) is 3.22. The van der Waals surface area contributed by atoms with Gasteiger partial charge in [-0.25, -0.2) is 4.79 Å². The Labute approximate surface area is 148 Å². The van der Waals surface area contributed by atoms with E-state index in [0.29, 0.717) is 5.76 Å². The monoisotopic (exact) mass is 363 g/mol. The fourth-order valence-electron chi connectivity index (χ4n) is 2.01. The van der Waals surface area contributed by atoms with Crippen molar-refractivity contribution in [1.29, 1.82) is 0 Å². The minimum absolute atomic E-state index is 0.0648. The van der Waals surface area contributed by atoms with Gasteiger partial charge in [-0.2, -0.15) is 0 Å². The van der Waals surface area contributed by atoms with E-state index in [1.165, 1.54) is 30.3 Å². The number of benzene rings is 1. The molecule has 1 heterocycles. The third kappa shape index (κ3) is 5.03. The standard InChI is InChI=1S/C16H17N3O7/c1-3-12(16(21)17-14-8-10(2)26-18-14)25-15(20)9-24-13-7-5-4-6-11(13)19(22)23/h4-8,12H,3,9H2,1-2H3,(H,17,18,21). The predicted octanol–water partition coefficient (Wildman–Crippen LogP) is 2.23. The number of amides is 1. The lowest BCUT2D eigenvalue weighted by Gasteiger charge is -2.15. The van der Waals surface area contributed by atoms with Gasteiger partial charge in [-0.1, -0.05) is 24.2 Å². The highest BCUT2D eigenvalue weighted by molar-refractivity contribution is 5.94. The van der Waals surface area contributed by atoms with Gasteiger partial charge in [0.05, 0.1) is 4.92 Å². The summed E-state index contributed by atoms with van der Waals surface area (Å²) < 4.78 is 15.0. The van der Waals surface area contributed by atoms with Crippen molar-refractivity contribution in [3.63, 3.8) is 0 Å². The molecule has 10 heteroatoms. The Morgan fingerprint density at radius 3 is 2.73 bits per heavy atom. The summed E-state index contributed by atoms with van der Waals surface area (Å²) in [6.07, 6.45) is -0.839. The highest BCUT2D eigenvalue weighted by Crippen LogP contribution is 2.25. The molecule has 1 aromatic heterocycles. The number of hydrogen-bond acceptors (Lipinski definition) is 8. The molecule has 0 saturated heterocycles. The zero-order valence-electron chi connectivity index (χ0n) is 14.1. The first-order valence-corrected chi connectivity index (χ1v) is 7.70. The smallest absolute Gasteiger partial charge is 0.344 e. The number of para-hydroxylation sites is 2. The maximum absolute atomic E-state index is 12.1. The second-order valence-electron chi connectivity index (χ2n) is 5.21. The van der Waals surface area contributed by atoms with E-state index in [1.54, 1.807) is 13.8 Å². The lowest BCUT2D eigenvalue weighted by atomic mass is 10.2. The Balaban J connectivity index is 1.91. The molecule has 1 aromatic carbocycles. The van der Waals surface area contributed by atoms with Crippen LogP contribution in [-0.4, -0.2) is 34.7 Å². The van der Waals surface area contributed by atoms with Crippen LogP contribution in [0.4, 0.5) is 11.5 Å². The number of ether oxygens (including phenoxy) is 2. The fraction of sp³-hybridized carbons (Fsp3) is 0.312. The number of anilines is 1. The van der Waals surface area contributed by atoms with E-state index in [2.05, 4.69) is 10.5 Å². The number of nitro benzene ring substituents is 1. The number of rotatable bonds is 8. The number of nitrogens with one attached hydrogen (secondary N) is 1. The fourth-order valence-corrected chi connectivity index (χ4v) is 2.01. The van der Waals surface area contributed by atoms with Crippen LogP contribution in [0.5, 0.6) is 5.75 Å². The highest BCUT2D eigenvalue weighted by atomic mass is 16.6. The third-order valence-electron chi connectivity index (χ3n) is 3.22. The Morgan fingerprint density at radius 2 is 2.12 bits per heavy atom. The molecule has 1 unspecified atom stereocenters. The number of aryl methyl sites for hydroxylation is 1. The first kappa shape index (κ1) is 18.9. The maximum atomic E-state index is 12.1. The number of carbonyl (C=O) groups is 2. The molecular formula is C16H17N3O7. The van der Waals surface area contributed by atoms with Gasteiger partial charge in [-0.15, -0.1) is 0 Å². The molecule has 1 N–H and O–H groups in total. The maximum Gasteiger partial charge on any atom is 0.344 e. The molecule has 0 aliphatic rings. The second-order valence-corrected chi connectivity index (χ2v) is 5.21. The molecule has 0 saturated carbocycles. The molecule has 138 valence electrons. The van der Waals surface area contributed by atoms with Gasteiger partial charge in [-0.3, -0.25) is 14.9 Å². The zero-order chi connectivity index (χ0) is 19.1. The molecule has 1 atom stereocenters. The van der Waals surface area contributed by atoms with Crippen molar-refractivity contribution >= 4 is 23.4 Å². The molecule has 26 heavy (non-hydrogen) atoms. The van der Waals surface area contributed by atoms with Crippen LogP contribution in [0, 0.1) is 17.0 Å². The van der Waals surface area contributed by atoms with E-state index >= 15 is 0 Å². The SMILES string of the molecule is CCC(OC(=O)COc1ccccc1[N+](=O)[O-])C(=O)Nc1cc(C)on1. The van der Waals surface area contributed by atoms with Crippen LogP contribution in [-0.2, 0) is 14.3 Å². The summed E-state index contributed by atoms with van der Waals surface area (Å²) in [7, 11) is 0. The molecule has 1 amide bonds. The van der Waals surface area contributed by atoms with Crippen molar-refractivity contribution < 1.29 is 28.5 Å². The van der Waals surface area contributed by atoms with Gasteiger partial charge in [0, 0.05) is 12.1 Å². The van der Waals surface area contributed by atoms with Crippen molar-refractivity contribution in [1.82, 2.24) is 5.16 Å². The van der Waals surface area contributed by atoms with Crippen LogP contribution < -0.4 is 10.1 Å². The molecule has 0 spiro atoms. The van der Waals surface area contributed by atoms with Gasteiger partial charge in [0.15, 0.2) is 24.3 Å². The van der Waals surface area contributed by atoms with Crippen molar-refractivity contribution in [3.8, 4) is 5.75 Å². The summed E-state index contributed by atoms with van der Waals surface area (Å²) in [6, 6.07) is 7.15. The zero-order valence-corrected chi connectivity index (χ0v) is 14.1. The van der Waals surface area contributed by atoms with Crippen LogP contribution >= 0.6 is 0 Å². The van der Waals surface area contributed by atoms with E-state index in [4.69, 9.17) is 14.0 Å². The molecule has 0 aliphatic carbocycles. The summed E-state index contributed by atoms with van der Waals surface area (Å²) >= 11 is 0. The average Bonchev–Trinajstić information content (AvgIpc) is 3.02. The van der Waals surface area contributed by atoms with Gasteiger partial charge in [0.2, 0.25) is 0 Å². The highest BCUT2D eigenvalue weighted by Gasteiger charge is 2.23. The Kier molecular flexibility index (Phi) is 6.25. The summed E-state index contributed by atoms with van der Waals surface area (Å²) in [5, 5.41) is 17.0. The molecule has 0 fully saturated rings. The van der Waals surface area contributed by atoms with Gasteiger partial charge < -0.3 is 19.3 Å². The van der Waals surface area contributed by atoms with Crippen LogP contribution in [0.25, 0.3) is 0 Å². The summed E-state index contributed by atoms with van der Waals surface area (Å²) in [5.41, 5.74) is -0.272. The number of carbonyl (C=O) groups excluding carboxylic acids is 2. The summed E-state index contributed by atoms with van der Waals surface area (Å²) in [4.78, 5) is 34.3. The topological polar surface area (TPSA) is 134 Å². The average molecular weight is 363 g/mol. The number of esters is 1. The van der Waals surface area contributed by atoms with Crippen LogP contribution in [0.3, 0.4) is 0 Å². The number of nitro groups is 1. The quantitative estimate of drug-likeness (QED) is 0.429. The van der Waals surface area contributed by atoms with E-state index in [-0.39, 0.29) is 23.7 Å². The summed E-state index contributed by atoms with van der Waals surface area (Å²) in [5.74, 6) is -0.743. The minimum Gasteiger partial charge on any atom is -0.475 e. The molecule has 2 aromatic rings. The molecule has 0 aliphatic heterocycles. The largest absolute Gasteiger partial charge is 0.475 e. The Morgan fingerprint density at radius 1 is 1.38 bits per heavy atom. The van der Waals surface area contributed by atoms with Gasteiger partial charge >= 0.3 is 11.7 Å². The Bertz CT molecular complexity index is 803. The van der Waals surface area contributed by atoms with E-state index < -0.39 is 29.5 Å². The van der Waals surface area contributed by atoms with Crippen molar-refractivity contribution in [2.24, 2.45) is 0 Å². The lowest BCUT2D eigenvalue weighted by molar-refractivity contribution is -0.385. The molecule has 0 radical (unpaired) electrons.